The molecule has 1 N–H and O–H groups in total. The van der Waals surface area contributed by atoms with Crippen LogP contribution < -0.4 is 0 Å². The summed E-state index contributed by atoms with van der Waals surface area (Å²) in [6.07, 6.45) is 1.94. The number of rotatable bonds is 5. The topological polar surface area (TPSA) is 20.2 Å². The van der Waals surface area contributed by atoms with Crippen molar-refractivity contribution in [2.24, 2.45) is 5.92 Å². The van der Waals surface area contributed by atoms with E-state index >= 15 is 0 Å². The van der Waals surface area contributed by atoms with Gasteiger partial charge in [-0.25, -0.2) is 4.39 Å². The zero-order valence-electron chi connectivity index (χ0n) is 9.71. The number of aliphatic hydroxyl groups excluding tert-OH is 1. The molecule has 1 unspecified atom stereocenters. The van der Waals surface area contributed by atoms with Crippen molar-refractivity contribution < 1.29 is 9.50 Å². The zero-order valence-corrected chi connectivity index (χ0v) is 10.5. The summed E-state index contributed by atoms with van der Waals surface area (Å²) in [6, 6.07) is 4.54. The van der Waals surface area contributed by atoms with Crippen LogP contribution in [-0.2, 0) is 0 Å². The maximum absolute atomic E-state index is 13.1. The van der Waals surface area contributed by atoms with Crippen molar-refractivity contribution in [1.82, 2.24) is 0 Å². The van der Waals surface area contributed by atoms with Crippen LogP contribution in [0.25, 0.3) is 0 Å². The first-order chi connectivity index (χ1) is 7.52. The smallest absolute Gasteiger partial charge is 0.142 e. The average Bonchev–Trinajstić information content (AvgIpc) is 2.21. The van der Waals surface area contributed by atoms with Crippen molar-refractivity contribution in [2.45, 2.75) is 39.2 Å². The fraction of sp³-hybridized carbons (Fsp3) is 0.538. The molecule has 0 radical (unpaired) electrons. The molecule has 0 bridgehead atoms. The molecule has 1 atom stereocenters. The molecule has 0 amide bonds. The fourth-order valence-electron chi connectivity index (χ4n) is 1.65. The lowest BCUT2D eigenvalue weighted by Crippen LogP contribution is -2.00. The third kappa shape index (κ3) is 3.76. The maximum Gasteiger partial charge on any atom is 0.142 e. The zero-order chi connectivity index (χ0) is 12.1. The molecule has 1 aromatic rings. The summed E-state index contributed by atoms with van der Waals surface area (Å²) in [7, 11) is 0. The molecule has 0 saturated carbocycles. The predicted molar refractivity (Wildman–Crippen MR) is 65.1 cm³/mol. The van der Waals surface area contributed by atoms with E-state index in [0.29, 0.717) is 17.9 Å². The van der Waals surface area contributed by atoms with Crippen molar-refractivity contribution in [1.29, 1.82) is 0 Å². The van der Waals surface area contributed by atoms with Gasteiger partial charge in [0.15, 0.2) is 0 Å². The standard InChI is InChI=1S/C13H18ClFO/c1-9(2)5-3-8-12(16)10-6-4-7-11(15)13(10)14/h4,6-7,9,12,16H,3,5,8H2,1-2H3. The Morgan fingerprint density at radius 1 is 1.31 bits per heavy atom. The first kappa shape index (κ1) is 13.5. The average molecular weight is 245 g/mol. The van der Waals surface area contributed by atoms with Gasteiger partial charge in [0, 0.05) is 5.56 Å². The summed E-state index contributed by atoms with van der Waals surface area (Å²) in [5, 5.41) is 9.93. The molecule has 0 spiro atoms. The van der Waals surface area contributed by atoms with Crippen molar-refractivity contribution in [2.75, 3.05) is 0 Å². The molecule has 1 nitrogen and oxygen atoms in total. The lowest BCUT2D eigenvalue weighted by Gasteiger charge is -2.13. The van der Waals surface area contributed by atoms with Crippen LogP contribution in [0.3, 0.4) is 0 Å². The van der Waals surface area contributed by atoms with E-state index < -0.39 is 11.9 Å². The van der Waals surface area contributed by atoms with Crippen molar-refractivity contribution in [3.63, 3.8) is 0 Å². The summed E-state index contributed by atoms with van der Waals surface area (Å²) < 4.78 is 13.1. The first-order valence-electron chi connectivity index (χ1n) is 5.64. The van der Waals surface area contributed by atoms with Crippen LogP contribution in [0, 0.1) is 11.7 Å². The van der Waals surface area contributed by atoms with E-state index in [0.717, 1.165) is 12.8 Å². The van der Waals surface area contributed by atoms with E-state index in [2.05, 4.69) is 13.8 Å². The van der Waals surface area contributed by atoms with Crippen LogP contribution >= 0.6 is 11.6 Å². The minimum absolute atomic E-state index is 0.0412. The van der Waals surface area contributed by atoms with Gasteiger partial charge in [0.25, 0.3) is 0 Å². The number of hydrogen-bond donors (Lipinski definition) is 1. The van der Waals surface area contributed by atoms with Gasteiger partial charge in [0.2, 0.25) is 0 Å². The summed E-state index contributed by atoms with van der Waals surface area (Å²) in [5.41, 5.74) is 0.491. The highest BCUT2D eigenvalue weighted by Crippen LogP contribution is 2.28. The largest absolute Gasteiger partial charge is 0.388 e. The Kier molecular flexibility index (Phi) is 5.23. The van der Waals surface area contributed by atoms with Crippen LogP contribution in [0.5, 0.6) is 0 Å². The molecular formula is C13H18ClFO. The van der Waals surface area contributed by atoms with Crippen LogP contribution in [0.15, 0.2) is 18.2 Å². The van der Waals surface area contributed by atoms with Crippen LogP contribution in [0.1, 0.15) is 44.8 Å². The lowest BCUT2D eigenvalue weighted by molar-refractivity contribution is 0.161. The second-order valence-corrected chi connectivity index (χ2v) is 4.86. The van der Waals surface area contributed by atoms with Crippen LogP contribution in [0.4, 0.5) is 4.39 Å². The summed E-state index contributed by atoms with van der Waals surface area (Å²) in [5.74, 6) is 0.150. The highest BCUT2D eigenvalue weighted by molar-refractivity contribution is 6.31. The van der Waals surface area contributed by atoms with E-state index in [1.807, 2.05) is 0 Å². The van der Waals surface area contributed by atoms with Crippen LogP contribution in [-0.4, -0.2) is 5.11 Å². The van der Waals surface area contributed by atoms with Gasteiger partial charge in [-0.15, -0.1) is 0 Å². The Morgan fingerprint density at radius 2 is 2.00 bits per heavy atom. The second-order valence-electron chi connectivity index (χ2n) is 4.48. The van der Waals surface area contributed by atoms with Crippen molar-refractivity contribution in [3.05, 3.63) is 34.6 Å². The maximum atomic E-state index is 13.1. The molecule has 0 heterocycles. The lowest BCUT2D eigenvalue weighted by atomic mass is 10.00. The van der Waals surface area contributed by atoms with Gasteiger partial charge >= 0.3 is 0 Å². The van der Waals surface area contributed by atoms with Gasteiger partial charge in [-0.3, -0.25) is 0 Å². The van der Waals surface area contributed by atoms with Gasteiger partial charge in [-0.1, -0.05) is 50.4 Å². The molecule has 0 fully saturated rings. The van der Waals surface area contributed by atoms with E-state index in [9.17, 15) is 9.50 Å². The van der Waals surface area contributed by atoms with E-state index in [1.54, 1.807) is 12.1 Å². The Hall–Kier alpha value is -0.600. The first-order valence-corrected chi connectivity index (χ1v) is 6.02. The Balaban J connectivity index is 2.59. The molecule has 0 aliphatic heterocycles. The van der Waals surface area contributed by atoms with Gasteiger partial charge in [0.05, 0.1) is 11.1 Å². The number of hydrogen-bond acceptors (Lipinski definition) is 1. The minimum atomic E-state index is -0.665. The van der Waals surface area contributed by atoms with Gasteiger partial charge in [-0.05, 0) is 18.4 Å². The summed E-state index contributed by atoms with van der Waals surface area (Å²) in [4.78, 5) is 0. The summed E-state index contributed by atoms with van der Waals surface area (Å²) >= 11 is 5.79. The van der Waals surface area contributed by atoms with Gasteiger partial charge in [0.1, 0.15) is 5.82 Å². The van der Waals surface area contributed by atoms with Crippen LogP contribution in [0.2, 0.25) is 5.02 Å². The highest BCUT2D eigenvalue weighted by atomic mass is 35.5. The Bertz CT molecular complexity index is 339. The third-order valence-electron chi connectivity index (χ3n) is 2.60. The summed E-state index contributed by atoms with van der Waals surface area (Å²) in [6.45, 7) is 4.28. The van der Waals surface area contributed by atoms with Crippen molar-refractivity contribution in [3.8, 4) is 0 Å². The van der Waals surface area contributed by atoms with Gasteiger partial charge < -0.3 is 5.11 Å². The molecule has 0 aliphatic carbocycles. The Labute approximate surface area is 101 Å². The fourth-order valence-corrected chi connectivity index (χ4v) is 1.90. The molecule has 0 saturated heterocycles. The number of aliphatic hydroxyl groups is 1. The molecule has 90 valence electrons. The van der Waals surface area contributed by atoms with E-state index in [4.69, 9.17) is 11.6 Å². The number of halogens is 2. The van der Waals surface area contributed by atoms with E-state index in [-0.39, 0.29) is 5.02 Å². The Morgan fingerprint density at radius 3 is 2.62 bits per heavy atom. The molecule has 16 heavy (non-hydrogen) atoms. The molecule has 0 aliphatic rings. The molecule has 1 aromatic carbocycles. The molecular weight excluding hydrogens is 227 g/mol. The minimum Gasteiger partial charge on any atom is -0.388 e. The molecule has 3 heteroatoms. The molecule has 0 aromatic heterocycles. The quantitative estimate of drug-likeness (QED) is 0.817. The predicted octanol–water partition coefficient (Wildman–Crippen LogP) is 4.34. The number of benzene rings is 1. The molecule has 1 rings (SSSR count). The van der Waals surface area contributed by atoms with Crippen molar-refractivity contribution >= 4 is 11.6 Å². The monoisotopic (exact) mass is 244 g/mol. The highest BCUT2D eigenvalue weighted by Gasteiger charge is 2.13. The third-order valence-corrected chi connectivity index (χ3v) is 3.00. The second kappa shape index (κ2) is 6.21. The normalized spacial score (nSPS) is 13.1. The van der Waals surface area contributed by atoms with Gasteiger partial charge in [-0.2, -0.15) is 0 Å². The van der Waals surface area contributed by atoms with E-state index in [1.165, 1.54) is 6.07 Å². The SMILES string of the molecule is CC(C)CCCC(O)c1cccc(F)c1Cl.